The molecule has 0 unspecified atom stereocenters. The second-order valence-corrected chi connectivity index (χ2v) is 16.2. The number of nitrogens with zero attached hydrogens (tertiary/aromatic N) is 1. The third-order valence-corrected chi connectivity index (χ3v) is 13.2. The van der Waals surface area contributed by atoms with Crippen LogP contribution in [-0.4, -0.2) is 64.1 Å². The minimum Gasteiger partial charge on any atom is -0.491 e. The van der Waals surface area contributed by atoms with Crippen LogP contribution in [0.5, 0.6) is 5.75 Å². The van der Waals surface area contributed by atoms with Crippen molar-refractivity contribution in [2.24, 2.45) is 0 Å². The molecular weight excluding hydrogens is 571 g/mol. The van der Waals surface area contributed by atoms with Gasteiger partial charge in [0.15, 0.2) is 0 Å². The van der Waals surface area contributed by atoms with E-state index in [9.17, 15) is 0 Å². The fraction of sp³-hybridized carbons (Fsp3) is 0.400. The minimum atomic E-state index is -1.78. The molecule has 0 atom stereocenters. The Morgan fingerprint density at radius 2 is 1.22 bits per heavy atom. The number of ether oxygens (including phenoxy) is 2. The molecule has 4 nitrogen and oxygen atoms in total. The standard InChI is InChI=1S/C40H54N2O2P/c1-5-6-27-41-34-40(2,3)35-23-25-36(26-24-35)44-32-31-43-30-29-42(4)28-16-33-45(37-17-10-7-11-18-37,38-19-12-8-13-20-38)39-21-14-9-15-22-39/h7-15,17-26,41H,5-6,16,27-34H2,1-4H3/q+1. The topological polar surface area (TPSA) is 33.7 Å². The van der Waals surface area contributed by atoms with Crippen LogP contribution in [0.4, 0.5) is 0 Å². The number of hydrogen-bond acceptors (Lipinski definition) is 4. The van der Waals surface area contributed by atoms with Crippen molar-refractivity contribution in [3.8, 4) is 5.75 Å². The molecule has 0 saturated carbocycles. The van der Waals surface area contributed by atoms with Gasteiger partial charge in [-0.15, -0.1) is 0 Å². The van der Waals surface area contributed by atoms with Crippen molar-refractivity contribution in [1.29, 1.82) is 0 Å². The fourth-order valence-electron chi connectivity index (χ4n) is 5.92. The predicted molar refractivity (Wildman–Crippen MR) is 196 cm³/mol. The van der Waals surface area contributed by atoms with Gasteiger partial charge in [0.1, 0.15) is 35.5 Å². The predicted octanol–water partition coefficient (Wildman–Crippen LogP) is 7.07. The number of unbranched alkanes of at least 4 members (excludes halogenated alkanes) is 1. The van der Waals surface area contributed by atoms with Crippen LogP contribution in [0.1, 0.15) is 45.6 Å². The molecule has 0 fully saturated rings. The average Bonchev–Trinajstić information content (AvgIpc) is 3.08. The van der Waals surface area contributed by atoms with Crippen molar-refractivity contribution in [2.45, 2.75) is 45.4 Å². The van der Waals surface area contributed by atoms with E-state index in [1.54, 1.807) is 0 Å². The molecule has 0 heterocycles. The first-order valence-electron chi connectivity index (χ1n) is 16.7. The monoisotopic (exact) mass is 625 g/mol. The molecule has 5 heteroatoms. The highest BCUT2D eigenvalue weighted by atomic mass is 31.2. The highest BCUT2D eigenvalue weighted by Crippen LogP contribution is 2.55. The Bertz CT molecular complexity index is 1250. The molecule has 0 aliphatic rings. The Morgan fingerprint density at radius 1 is 0.667 bits per heavy atom. The summed E-state index contributed by atoms with van der Waals surface area (Å²) in [7, 11) is 0.427. The molecule has 4 aromatic carbocycles. The van der Waals surface area contributed by atoms with Crippen molar-refractivity contribution in [2.75, 3.05) is 59.2 Å². The summed E-state index contributed by atoms with van der Waals surface area (Å²) in [5.41, 5.74) is 1.42. The van der Waals surface area contributed by atoms with Crippen LogP contribution >= 0.6 is 7.26 Å². The summed E-state index contributed by atoms with van der Waals surface area (Å²) < 4.78 is 11.9. The van der Waals surface area contributed by atoms with E-state index in [2.05, 4.69) is 153 Å². The SMILES string of the molecule is CCCCNCC(C)(C)c1ccc(OCCOCCN(C)CCC[P+](c2ccccc2)(c2ccccc2)c2ccccc2)cc1. The van der Waals surface area contributed by atoms with Gasteiger partial charge >= 0.3 is 0 Å². The summed E-state index contributed by atoms with van der Waals surface area (Å²) in [4.78, 5) is 2.40. The normalized spacial score (nSPS) is 12.0. The zero-order valence-electron chi connectivity index (χ0n) is 28.0. The summed E-state index contributed by atoms with van der Waals surface area (Å²) >= 11 is 0. The van der Waals surface area contributed by atoms with Crippen LogP contribution in [0.2, 0.25) is 0 Å². The molecule has 4 aromatic rings. The molecule has 45 heavy (non-hydrogen) atoms. The van der Waals surface area contributed by atoms with Crippen LogP contribution in [-0.2, 0) is 10.2 Å². The molecule has 0 saturated heterocycles. The quantitative estimate of drug-likeness (QED) is 0.0842. The maximum Gasteiger partial charge on any atom is 0.119 e. The Balaban J connectivity index is 1.22. The highest BCUT2D eigenvalue weighted by molar-refractivity contribution is 7.95. The van der Waals surface area contributed by atoms with E-state index in [0.29, 0.717) is 19.8 Å². The van der Waals surface area contributed by atoms with Crippen molar-refractivity contribution < 1.29 is 9.47 Å². The minimum absolute atomic E-state index is 0.0926. The second-order valence-electron chi connectivity index (χ2n) is 12.6. The number of benzene rings is 4. The number of hydrogen-bond donors (Lipinski definition) is 1. The molecule has 0 aromatic heterocycles. The third-order valence-electron chi connectivity index (χ3n) is 8.65. The van der Waals surface area contributed by atoms with E-state index in [-0.39, 0.29) is 5.41 Å². The van der Waals surface area contributed by atoms with Gasteiger partial charge in [-0.2, -0.15) is 0 Å². The molecule has 0 aliphatic heterocycles. The van der Waals surface area contributed by atoms with E-state index in [1.165, 1.54) is 34.3 Å². The fourth-order valence-corrected chi connectivity index (χ4v) is 10.2. The second kappa shape index (κ2) is 18.2. The Labute approximate surface area is 273 Å². The first-order chi connectivity index (χ1) is 22.0. The maximum absolute atomic E-state index is 5.97. The molecule has 0 amide bonds. The maximum atomic E-state index is 5.97. The molecule has 0 spiro atoms. The first-order valence-corrected chi connectivity index (χ1v) is 18.7. The van der Waals surface area contributed by atoms with Crippen LogP contribution in [0.3, 0.4) is 0 Å². The van der Waals surface area contributed by atoms with Crippen molar-refractivity contribution >= 4 is 23.2 Å². The number of likely N-dealkylation sites (N-methyl/N-ethyl adjacent to an activating group) is 1. The zero-order valence-corrected chi connectivity index (χ0v) is 28.9. The van der Waals surface area contributed by atoms with E-state index >= 15 is 0 Å². The van der Waals surface area contributed by atoms with Gasteiger partial charge in [0, 0.05) is 25.0 Å². The molecule has 0 radical (unpaired) electrons. The van der Waals surface area contributed by atoms with Gasteiger partial charge in [0.2, 0.25) is 0 Å². The number of rotatable bonds is 20. The smallest absolute Gasteiger partial charge is 0.119 e. The largest absolute Gasteiger partial charge is 0.491 e. The summed E-state index contributed by atoms with van der Waals surface area (Å²) in [6.45, 7) is 12.7. The van der Waals surface area contributed by atoms with Gasteiger partial charge in [-0.25, -0.2) is 0 Å². The van der Waals surface area contributed by atoms with Crippen LogP contribution in [0.25, 0.3) is 0 Å². The van der Waals surface area contributed by atoms with Crippen LogP contribution in [0, 0.1) is 0 Å². The zero-order chi connectivity index (χ0) is 31.8. The summed E-state index contributed by atoms with van der Waals surface area (Å²) in [6, 6.07) is 42.0. The van der Waals surface area contributed by atoms with Crippen molar-refractivity contribution in [3.63, 3.8) is 0 Å². The van der Waals surface area contributed by atoms with Gasteiger partial charge in [-0.1, -0.05) is 93.9 Å². The lowest BCUT2D eigenvalue weighted by atomic mass is 9.84. The van der Waals surface area contributed by atoms with Gasteiger partial charge in [-0.05, 0) is 80.5 Å². The van der Waals surface area contributed by atoms with E-state index < -0.39 is 7.26 Å². The van der Waals surface area contributed by atoms with Crippen LogP contribution < -0.4 is 26.0 Å². The lowest BCUT2D eigenvalue weighted by Gasteiger charge is -2.28. The number of nitrogens with one attached hydrogen (secondary N) is 1. The Kier molecular flexibility index (Phi) is 14.1. The lowest BCUT2D eigenvalue weighted by Crippen LogP contribution is -2.34. The van der Waals surface area contributed by atoms with Crippen LogP contribution in [0.15, 0.2) is 115 Å². The van der Waals surface area contributed by atoms with Crippen molar-refractivity contribution in [1.82, 2.24) is 10.2 Å². The Hall–Kier alpha value is -3.01. The summed E-state index contributed by atoms with van der Waals surface area (Å²) in [6.07, 6.45) is 4.70. The van der Waals surface area contributed by atoms with Gasteiger partial charge in [0.05, 0.1) is 19.4 Å². The highest BCUT2D eigenvalue weighted by Gasteiger charge is 2.44. The molecule has 1 N–H and O–H groups in total. The molecule has 0 aliphatic carbocycles. The van der Waals surface area contributed by atoms with E-state index in [0.717, 1.165) is 44.5 Å². The molecule has 0 bridgehead atoms. The lowest BCUT2D eigenvalue weighted by molar-refractivity contribution is 0.0849. The van der Waals surface area contributed by atoms with Crippen molar-refractivity contribution in [3.05, 3.63) is 121 Å². The van der Waals surface area contributed by atoms with Gasteiger partial charge in [0.25, 0.3) is 0 Å². The first kappa shape index (κ1) is 34.9. The molecule has 4 rings (SSSR count). The molecule has 240 valence electrons. The summed E-state index contributed by atoms with van der Waals surface area (Å²) in [5.74, 6) is 0.899. The average molecular weight is 626 g/mol. The van der Waals surface area contributed by atoms with E-state index in [4.69, 9.17) is 9.47 Å². The third kappa shape index (κ3) is 10.2. The van der Waals surface area contributed by atoms with E-state index in [1.807, 2.05) is 0 Å². The Morgan fingerprint density at radius 3 is 1.76 bits per heavy atom. The summed E-state index contributed by atoms with van der Waals surface area (Å²) in [5, 5.41) is 7.94. The molecular formula is C40H54N2O2P+. The van der Waals surface area contributed by atoms with Gasteiger partial charge in [-0.3, -0.25) is 0 Å². The van der Waals surface area contributed by atoms with Gasteiger partial charge < -0.3 is 19.7 Å².